The Kier molecular flexibility index (Phi) is 10.9. The average Bonchev–Trinajstić information content (AvgIpc) is 3.44. The molecule has 1 fully saturated rings. The molecule has 0 bridgehead atoms. The molecule has 1 aromatic carbocycles. The van der Waals surface area contributed by atoms with Gasteiger partial charge in [0.15, 0.2) is 5.69 Å². The lowest BCUT2D eigenvalue weighted by Gasteiger charge is -2.34. The van der Waals surface area contributed by atoms with E-state index < -0.39 is 11.7 Å². The van der Waals surface area contributed by atoms with E-state index in [0.717, 1.165) is 31.6 Å². The van der Waals surface area contributed by atoms with Crippen LogP contribution in [0.25, 0.3) is 16.6 Å². The molecular weight excluding hydrogens is 642 g/mol. The summed E-state index contributed by atoms with van der Waals surface area (Å²) in [5.41, 5.74) is 1.83. The Hall–Kier alpha value is -4.43. The van der Waals surface area contributed by atoms with Gasteiger partial charge in [0.25, 0.3) is 5.91 Å². The number of aryl methyl sites for hydroxylation is 1. The molecule has 50 heavy (non-hydrogen) atoms. The number of aromatic nitrogens is 3. The Morgan fingerprint density at radius 3 is 2.42 bits per heavy atom. The number of ether oxygens (including phenoxy) is 4. The van der Waals surface area contributed by atoms with E-state index in [-0.39, 0.29) is 35.6 Å². The maximum atomic E-state index is 13.6. The number of methoxy groups -OCH3 is 1. The summed E-state index contributed by atoms with van der Waals surface area (Å²) in [6.45, 7) is 14.9. The summed E-state index contributed by atoms with van der Waals surface area (Å²) in [6.07, 6.45) is 2.61. The molecule has 14 nitrogen and oxygen atoms in total. The zero-order valence-electron chi connectivity index (χ0n) is 30.8. The average molecular weight is 694 g/mol. The third-order valence-electron chi connectivity index (χ3n) is 9.30. The van der Waals surface area contributed by atoms with Gasteiger partial charge in [0.2, 0.25) is 0 Å². The predicted octanol–water partition coefficient (Wildman–Crippen LogP) is 4.20. The third-order valence-corrected chi connectivity index (χ3v) is 9.30. The van der Waals surface area contributed by atoms with Crippen molar-refractivity contribution in [1.82, 2.24) is 29.9 Å². The summed E-state index contributed by atoms with van der Waals surface area (Å²) in [7, 11) is 5.49. The number of nitrogens with one attached hydrogen (secondary N) is 1. The SMILES string of the molecule is COc1cc2c(cc1-n1nc(C(=O)NCCN3CCC(C(=O)OCC(C)(C)N(C)C)CC3)c3cnc(C)cc31)OCCN2C(=O)OC(C)(C)C. The fraction of sp³-hybridized carbons (Fsp3) is 0.583. The molecule has 2 amide bonds. The normalized spacial score (nSPS) is 15.8. The second kappa shape index (κ2) is 14.8. The summed E-state index contributed by atoms with van der Waals surface area (Å²) in [5, 5.41) is 8.36. The van der Waals surface area contributed by atoms with Gasteiger partial charge in [-0.05, 0) is 87.6 Å². The fourth-order valence-corrected chi connectivity index (χ4v) is 5.83. The number of hydrogen-bond acceptors (Lipinski definition) is 11. The summed E-state index contributed by atoms with van der Waals surface area (Å²) >= 11 is 0. The number of carbonyl (C=O) groups is 3. The van der Waals surface area contributed by atoms with Crippen molar-refractivity contribution in [3.8, 4) is 17.2 Å². The topological polar surface area (TPSA) is 141 Å². The minimum Gasteiger partial charge on any atom is -0.494 e. The van der Waals surface area contributed by atoms with Gasteiger partial charge in [0.1, 0.15) is 36.0 Å². The van der Waals surface area contributed by atoms with Gasteiger partial charge in [0.05, 0.1) is 36.2 Å². The number of benzene rings is 1. The Labute approximate surface area is 294 Å². The highest BCUT2D eigenvalue weighted by Crippen LogP contribution is 2.41. The number of rotatable bonds is 10. The van der Waals surface area contributed by atoms with Crippen LogP contribution in [0.4, 0.5) is 10.5 Å². The number of fused-ring (bicyclic) bond motifs is 2. The number of hydrogen-bond donors (Lipinski definition) is 1. The first kappa shape index (κ1) is 36.8. The molecule has 272 valence electrons. The van der Waals surface area contributed by atoms with Crippen LogP contribution in [-0.2, 0) is 14.3 Å². The first-order valence-electron chi connectivity index (χ1n) is 17.1. The van der Waals surface area contributed by atoms with Crippen molar-refractivity contribution in [3.63, 3.8) is 0 Å². The maximum absolute atomic E-state index is 13.6. The Balaban J connectivity index is 1.27. The first-order valence-corrected chi connectivity index (χ1v) is 17.1. The van der Waals surface area contributed by atoms with Crippen molar-refractivity contribution in [2.75, 3.05) is 72.0 Å². The smallest absolute Gasteiger partial charge is 0.415 e. The van der Waals surface area contributed by atoms with Crippen LogP contribution in [0.15, 0.2) is 24.4 Å². The number of anilines is 1. The molecule has 1 N–H and O–H groups in total. The van der Waals surface area contributed by atoms with Gasteiger partial charge in [-0.25, -0.2) is 9.48 Å². The number of pyridine rings is 1. The van der Waals surface area contributed by atoms with E-state index in [4.69, 9.17) is 24.0 Å². The number of carbonyl (C=O) groups excluding carboxylic acids is 3. The van der Waals surface area contributed by atoms with Crippen molar-refractivity contribution < 1.29 is 33.3 Å². The van der Waals surface area contributed by atoms with Crippen molar-refractivity contribution in [2.24, 2.45) is 5.92 Å². The lowest BCUT2D eigenvalue weighted by Crippen LogP contribution is -2.45. The molecule has 1 saturated heterocycles. The van der Waals surface area contributed by atoms with Crippen LogP contribution in [-0.4, -0.2) is 121 Å². The van der Waals surface area contributed by atoms with Gasteiger partial charge in [-0.15, -0.1) is 0 Å². The zero-order valence-corrected chi connectivity index (χ0v) is 30.8. The largest absolute Gasteiger partial charge is 0.494 e. The van der Waals surface area contributed by atoms with Gasteiger partial charge >= 0.3 is 12.1 Å². The molecule has 0 saturated carbocycles. The lowest BCUT2D eigenvalue weighted by molar-refractivity contribution is -0.153. The molecule has 0 atom stereocenters. The Morgan fingerprint density at radius 1 is 1.04 bits per heavy atom. The molecule has 0 unspecified atom stereocenters. The maximum Gasteiger partial charge on any atom is 0.415 e. The van der Waals surface area contributed by atoms with E-state index in [0.29, 0.717) is 60.0 Å². The molecule has 4 heterocycles. The molecule has 5 rings (SSSR count). The van der Waals surface area contributed by atoms with E-state index in [1.54, 1.807) is 23.0 Å². The summed E-state index contributed by atoms with van der Waals surface area (Å²) in [6, 6.07) is 5.35. The van der Waals surface area contributed by atoms with Gasteiger partial charge in [-0.3, -0.25) is 19.5 Å². The third kappa shape index (κ3) is 8.29. The molecule has 14 heteroatoms. The summed E-state index contributed by atoms with van der Waals surface area (Å²) in [5.74, 6) is 0.318. The van der Waals surface area contributed by atoms with Crippen molar-refractivity contribution in [2.45, 2.75) is 65.5 Å². The molecule has 2 aromatic heterocycles. The number of piperidine rings is 1. The first-order chi connectivity index (χ1) is 23.6. The highest BCUT2D eigenvalue weighted by molar-refractivity contribution is 6.05. The quantitative estimate of drug-likeness (QED) is 0.306. The minimum atomic E-state index is -0.660. The van der Waals surface area contributed by atoms with Crippen molar-refractivity contribution >= 4 is 34.6 Å². The molecule has 0 aliphatic carbocycles. The van der Waals surface area contributed by atoms with Crippen molar-refractivity contribution in [3.05, 3.63) is 35.8 Å². The number of nitrogens with zero attached hydrogens (tertiary/aromatic N) is 6. The van der Waals surface area contributed by atoms with E-state index >= 15 is 0 Å². The molecule has 2 aliphatic rings. The second-order valence-electron chi connectivity index (χ2n) is 14.8. The molecule has 0 radical (unpaired) electrons. The van der Waals surface area contributed by atoms with Crippen LogP contribution in [0.3, 0.4) is 0 Å². The van der Waals surface area contributed by atoms with Gasteiger partial charge in [0, 0.05) is 42.7 Å². The van der Waals surface area contributed by atoms with E-state index in [9.17, 15) is 14.4 Å². The lowest BCUT2D eigenvalue weighted by atomic mass is 9.97. The summed E-state index contributed by atoms with van der Waals surface area (Å²) < 4.78 is 24.7. The zero-order chi connectivity index (χ0) is 36.4. The molecule has 3 aromatic rings. The van der Waals surface area contributed by atoms with Crippen molar-refractivity contribution in [1.29, 1.82) is 0 Å². The van der Waals surface area contributed by atoms with Crippen LogP contribution in [0.2, 0.25) is 0 Å². The Morgan fingerprint density at radius 2 is 1.76 bits per heavy atom. The number of amides is 2. The standard InChI is InChI=1S/C36H51N7O7/c1-23-18-26-25(21-38-23)31(32(44)37-12-15-41-13-10-24(11-14-41)33(45)49-22-36(5,6)40(7)8)39-43(26)28-20-30-27(19-29(28)47-9)42(16-17-48-30)34(46)50-35(2,3)4/h18-21,24H,10-17,22H2,1-9H3,(H,37,44). The number of likely N-dealkylation sites (N-methyl/N-ethyl adjacent to an activating group) is 1. The minimum absolute atomic E-state index is 0.114. The second-order valence-corrected chi connectivity index (χ2v) is 14.8. The highest BCUT2D eigenvalue weighted by Gasteiger charge is 2.32. The van der Waals surface area contributed by atoms with Crippen LogP contribution in [0.1, 0.15) is 63.6 Å². The Bertz CT molecular complexity index is 1720. The van der Waals surface area contributed by atoms with E-state index in [1.165, 1.54) is 12.0 Å². The van der Waals surface area contributed by atoms with E-state index in [1.807, 2.05) is 66.6 Å². The summed E-state index contributed by atoms with van der Waals surface area (Å²) in [4.78, 5) is 49.6. The monoisotopic (exact) mass is 693 g/mol. The van der Waals surface area contributed by atoms with Gasteiger partial charge in [-0.2, -0.15) is 5.10 Å². The van der Waals surface area contributed by atoms with Crippen LogP contribution in [0, 0.1) is 12.8 Å². The van der Waals surface area contributed by atoms with Crippen LogP contribution < -0.4 is 19.7 Å². The number of likely N-dealkylation sites (tertiary alicyclic amines) is 1. The fourth-order valence-electron chi connectivity index (χ4n) is 5.83. The highest BCUT2D eigenvalue weighted by atomic mass is 16.6. The predicted molar refractivity (Wildman–Crippen MR) is 189 cm³/mol. The van der Waals surface area contributed by atoms with Crippen LogP contribution in [0.5, 0.6) is 11.5 Å². The number of esters is 1. The van der Waals surface area contributed by atoms with Gasteiger partial charge < -0.3 is 34.1 Å². The molecule has 0 spiro atoms. The van der Waals surface area contributed by atoms with E-state index in [2.05, 4.69) is 15.2 Å². The molecule has 2 aliphatic heterocycles. The molecular formula is C36H51N7O7. The van der Waals surface area contributed by atoms with Crippen LogP contribution >= 0.6 is 0 Å². The van der Waals surface area contributed by atoms with Gasteiger partial charge in [-0.1, -0.05) is 0 Å².